The summed E-state index contributed by atoms with van der Waals surface area (Å²) < 4.78 is 5.47. The lowest BCUT2D eigenvalue weighted by Gasteiger charge is -2.39. The van der Waals surface area contributed by atoms with Crippen molar-refractivity contribution in [3.63, 3.8) is 0 Å². The van der Waals surface area contributed by atoms with Gasteiger partial charge in [0.25, 0.3) is 0 Å². The Morgan fingerprint density at radius 3 is 2.33 bits per heavy atom. The summed E-state index contributed by atoms with van der Waals surface area (Å²) in [6.07, 6.45) is 9.10. The maximum atomic E-state index is 10.7. The van der Waals surface area contributed by atoms with Gasteiger partial charge in [-0.15, -0.1) is 0 Å². The zero-order chi connectivity index (χ0) is 12.8. The molecule has 1 aliphatic heterocycles. The van der Waals surface area contributed by atoms with Crippen molar-refractivity contribution in [2.24, 2.45) is 11.3 Å². The van der Waals surface area contributed by atoms with Gasteiger partial charge in [-0.1, -0.05) is 32.1 Å². The number of nitrogens with zero attached hydrogens (tertiary/aromatic N) is 1. The Morgan fingerprint density at radius 2 is 1.78 bits per heavy atom. The molecule has 1 N–H and O–H groups in total. The third kappa shape index (κ3) is 3.05. The number of nitriles is 1. The highest BCUT2D eigenvalue weighted by atomic mass is 16.5. The second kappa shape index (κ2) is 6.54. The lowest BCUT2D eigenvalue weighted by Crippen LogP contribution is -2.43. The van der Waals surface area contributed by atoms with Crippen molar-refractivity contribution in [2.75, 3.05) is 13.2 Å². The minimum absolute atomic E-state index is 0.165. The third-order valence-electron chi connectivity index (χ3n) is 4.68. The summed E-state index contributed by atoms with van der Waals surface area (Å²) in [6, 6.07) is 2.48. The summed E-state index contributed by atoms with van der Waals surface area (Å²) in [5, 5.41) is 20.3. The van der Waals surface area contributed by atoms with Crippen molar-refractivity contribution < 1.29 is 9.84 Å². The average Bonchev–Trinajstić information content (AvgIpc) is 2.40. The molecule has 2 atom stereocenters. The Kier molecular flexibility index (Phi) is 5.03. The van der Waals surface area contributed by atoms with Gasteiger partial charge in [-0.3, -0.25) is 0 Å². The van der Waals surface area contributed by atoms with Gasteiger partial charge in [0, 0.05) is 12.5 Å². The number of hydrogen-bond acceptors (Lipinski definition) is 3. The van der Waals surface area contributed by atoms with Crippen LogP contribution in [0.4, 0.5) is 0 Å². The first kappa shape index (κ1) is 13.8. The predicted octanol–water partition coefficient (Wildman–Crippen LogP) is 3.03. The fourth-order valence-electron chi connectivity index (χ4n) is 3.48. The molecule has 0 aromatic heterocycles. The van der Waals surface area contributed by atoms with Gasteiger partial charge in [-0.25, -0.2) is 0 Å². The average molecular weight is 251 g/mol. The molecule has 1 saturated carbocycles. The standard InChI is InChI=1S/C15H25NO2/c16-12-15(8-4-2-1-3-5-9-15)14(17)13-7-6-10-18-11-13/h13-14,17H,1-11H2. The van der Waals surface area contributed by atoms with E-state index in [2.05, 4.69) is 6.07 Å². The van der Waals surface area contributed by atoms with Gasteiger partial charge in [-0.2, -0.15) is 5.26 Å². The van der Waals surface area contributed by atoms with Crippen molar-refractivity contribution in [3.8, 4) is 6.07 Å². The second-order valence-electron chi connectivity index (χ2n) is 5.96. The highest BCUT2D eigenvalue weighted by molar-refractivity contribution is 5.05. The van der Waals surface area contributed by atoms with Crippen LogP contribution in [-0.4, -0.2) is 24.4 Å². The molecule has 102 valence electrons. The summed E-state index contributed by atoms with van der Waals surface area (Å²) in [7, 11) is 0. The van der Waals surface area contributed by atoms with Crippen LogP contribution in [0.15, 0.2) is 0 Å². The van der Waals surface area contributed by atoms with Crippen LogP contribution in [0.3, 0.4) is 0 Å². The Balaban J connectivity index is 2.05. The van der Waals surface area contributed by atoms with E-state index in [9.17, 15) is 10.4 Å². The quantitative estimate of drug-likeness (QED) is 0.820. The van der Waals surface area contributed by atoms with Gasteiger partial charge in [0.1, 0.15) is 0 Å². The van der Waals surface area contributed by atoms with Gasteiger partial charge in [0.15, 0.2) is 0 Å². The van der Waals surface area contributed by atoms with Gasteiger partial charge < -0.3 is 9.84 Å². The zero-order valence-electron chi connectivity index (χ0n) is 11.2. The topological polar surface area (TPSA) is 53.2 Å². The molecule has 2 rings (SSSR count). The minimum Gasteiger partial charge on any atom is -0.391 e. The Hall–Kier alpha value is -0.590. The van der Waals surface area contributed by atoms with E-state index >= 15 is 0 Å². The SMILES string of the molecule is N#CC1(C(O)C2CCCOC2)CCCCCCC1. The van der Waals surface area contributed by atoms with E-state index in [1.807, 2.05) is 0 Å². The fourth-order valence-corrected chi connectivity index (χ4v) is 3.48. The van der Waals surface area contributed by atoms with E-state index in [1.165, 1.54) is 19.3 Å². The molecule has 0 bridgehead atoms. The molecule has 3 heteroatoms. The molecular weight excluding hydrogens is 226 g/mol. The number of aliphatic hydroxyl groups is 1. The minimum atomic E-state index is -0.508. The van der Waals surface area contributed by atoms with Gasteiger partial charge in [0.05, 0.1) is 24.2 Å². The molecule has 1 aliphatic carbocycles. The number of rotatable bonds is 2. The maximum absolute atomic E-state index is 10.7. The summed E-state index contributed by atoms with van der Waals surface area (Å²) in [4.78, 5) is 0. The van der Waals surface area contributed by atoms with Crippen molar-refractivity contribution in [1.82, 2.24) is 0 Å². The van der Waals surface area contributed by atoms with Crippen LogP contribution in [-0.2, 0) is 4.74 Å². The monoisotopic (exact) mass is 251 g/mol. The van der Waals surface area contributed by atoms with Crippen LogP contribution in [0.2, 0.25) is 0 Å². The summed E-state index contributed by atoms with van der Waals surface area (Å²) in [5.74, 6) is 0.165. The van der Waals surface area contributed by atoms with Crippen molar-refractivity contribution >= 4 is 0 Å². The molecule has 2 fully saturated rings. The lowest BCUT2D eigenvalue weighted by molar-refractivity contribution is -0.0594. The van der Waals surface area contributed by atoms with Crippen LogP contribution < -0.4 is 0 Å². The molecule has 1 heterocycles. The first-order valence-corrected chi connectivity index (χ1v) is 7.45. The first-order chi connectivity index (χ1) is 8.78. The first-order valence-electron chi connectivity index (χ1n) is 7.45. The Morgan fingerprint density at radius 1 is 1.11 bits per heavy atom. The molecule has 0 radical (unpaired) electrons. The lowest BCUT2D eigenvalue weighted by atomic mass is 9.69. The molecule has 18 heavy (non-hydrogen) atoms. The largest absolute Gasteiger partial charge is 0.391 e. The van der Waals surface area contributed by atoms with Crippen LogP contribution in [0.25, 0.3) is 0 Å². The van der Waals surface area contributed by atoms with E-state index in [1.54, 1.807) is 0 Å². The number of ether oxygens (including phenoxy) is 1. The highest BCUT2D eigenvalue weighted by Gasteiger charge is 2.42. The smallest absolute Gasteiger partial charge is 0.0835 e. The van der Waals surface area contributed by atoms with Gasteiger partial charge in [-0.05, 0) is 25.7 Å². The highest BCUT2D eigenvalue weighted by Crippen LogP contribution is 2.41. The van der Waals surface area contributed by atoms with Crippen LogP contribution in [0, 0.1) is 22.7 Å². The Bertz CT molecular complexity index is 283. The fraction of sp³-hybridized carbons (Fsp3) is 0.933. The van der Waals surface area contributed by atoms with Crippen LogP contribution >= 0.6 is 0 Å². The van der Waals surface area contributed by atoms with Crippen molar-refractivity contribution in [1.29, 1.82) is 5.26 Å². The second-order valence-corrected chi connectivity index (χ2v) is 5.96. The molecule has 2 unspecified atom stereocenters. The Labute approximate surface area is 110 Å². The number of aliphatic hydroxyl groups excluding tert-OH is 1. The van der Waals surface area contributed by atoms with E-state index in [4.69, 9.17) is 4.74 Å². The van der Waals surface area contributed by atoms with E-state index in [0.29, 0.717) is 6.61 Å². The molecule has 0 spiro atoms. The van der Waals surface area contributed by atoms with E-state index in [-0.39, 0.29) is 5.92 Å². The molecule has 0 aromatic rings. The predicted molar refractivity (Wildman–Crippen MR) is 69.9 cm³/mol. The maximum Gasteiger partial charge on any atom is 0.0835 e. The van der Waals surface area contributed by atoms with Crippen LogP contribution in [0.5, 0.6) is 0 Å². The van der Waals surface area contributed by atoms with Crippen molar-refractivity contribution in [3.05, 3.63) is 0 Å². The molecular formula is C15H25NO2. The summed E-state index contributed by atoms with van der Waals surface area (Å²) in [5.41, 5.74) is -0.508. The molecule has 0 aromatic carbocycles. The van der Waals surface area contributed by atoms with Crippen molar-refractivity contribution in [2.45, 2.75) is 63.9 Å². The zero-order valence-corrected chi connectivity index (χ0v) is 11.2. The molecule has 2 aliphatic rings. The normalized spacial score (nSPS) is 30.8. The number of hydrogen-bond donors (Lipinski definition) is 1. The molecule has 1 saturated heterocycles. The van der Waals surface area contributed by atoms with Gasteiger partial charge >= 0.3 is 0 Å². The van der Waals surface area contributed by atoms with E-state index in [0.717, 1.165) is 45.1 Å². The van der Waals surface area contributed by atoms with Crippen LogP contribution in [0.1, 0.15) is 57.8 Å². The van der Waals surface area contributed by atoms with E-state index < -0.39 is 11.5 Å². The summed E-state index contributed by atoms with van der Waals surface area (Å²) >= 11 is 0. The summed E-state index contributed by atoms with van der Waals surface area (Å²) in [6.45, 7) is 1.44. The third-order valence-corrected chi connectivity index (χ3v) is 4.68. The van der Waals surface area contributed by atoms with Gasteiger partial charge in [0.2, 0.25) is 0 Å². The molecule has 3 nitrogen and oxygen atoms in total. The molecule has 0 amide bonds.